The first-order valence-electron chi connectivity index (χ1n) is 6.53. The molecule has 0 radical (unpaired) electrons. The Balaban J connectivity index is 2.83. The maximum atomic E-state index is 13.6. The van der Waals surface area contributed by atoms with Gasteiger partial charge in [0, 0.05) is 5.54 Å². The molecule has 110 valence electrons. The van der Waals surface area contributed by atoms with E-state index in [1.54, 1.807) is 0 Å². The van der Waals surface area contributed by atoms with Crippen LogP contribution < -0.4 is 10.1 Å². The molecule has 20 heavy (non-hydrogen) atoms. The Bertz CT molecular complexity index is 500. The van der Waals surface area contributed by atoms with Crippen molar-refractivity contribution in [2.75, 3.05) is 0 Å². The Morgan fingerprint density at radius 1 is 1.50 bits per heavy atom. The largest absolute Gasteiger partial charge is 0.477 e. The second-order valence-electron chi connectivity index (χ2n) is 5.26. The summed E-state index contributed by atoms with van der Waals surface area (Å²) in [5, 5.41) is 2.81. The topological polar surface area (TPSA) is 55.4 Å². The lowest BCUT2D eigenvalue weighted by atomic mass is 10.0. The van der Waals surface area contributed by atoms with Crippen LogP contribution in [0.1, 0.15) is 44.5 Å². The molecule has 1 atom stereocenters. The van der Waals surface area contributed by atoms with Crippen molar-refractivity contribution < 1.29 is 18.7 Å². The van der Waals surface area contributed by atoms with E-state index in [2.05, 4.69) is 5.32 Å². The predicted molar refractivity (Wildman–Crippen MR) is 74.4 cm³/mol. The summed E-state index contributed by atoms with van der Waals surface area (Å²) in [6.45, 7) is 7.24. The van der Waals surface area contributed by atoms with Gasteiger partial charge in [0.1, 0.15) is 0 Å². The highest BCUT2D eigenvalue weighted by Crippen LogP contribution is 2.22. The van der Waals surface area contributed by atoms with Gasteiger partial charge < -0.3 is 10.1 Å². The van der Waals surface area contributed by atoms with Gasteiger partial charge in [0.15, 0.2) is 24.0 Å². The van der Waals surface area contributed by atoms with Crippen molar-refractivity contribution in [2.45, 2.75) is 45.8 Å². The quantitative estimate of drug-likeness (QED) is 0.816. The molecule has 1 aromatic carbocycles. The van der Waals surface area contributed by atoms with Crippen LogP contribution in [0.4, 0.5) is 4.39 Å². The molecule has 1 amide bonds. The zero-order valence-corrected chi connectivity index (χ0v) is 12.2. The van der Waals surface area contributed by atoms with Crippen LogP contribution in [0, 0.1) is 5.82 Å². The lowest BCUT2D eigenvalue weighted by Gasteiger charge is -2.26. The standard InChI is InChI=1S/C15H20FNO3/c1-5-15(3,4)17-14(19)10(2)20-13-11(9-18)7-6-8-12(13)16/h6-10H,5H2,1-4H3,(H,17,19). The summed E-state index contributed by atoms with van der Waals surface area (Å²) < 4.78 is 19.0. The Labute approximate surface area is 118 Å². The SMILES string of the molecule is CCC(C)(C)NC(=O)C(C)Oc1c(F)cccc1C=O. The van der Waals surface area contributed by atoms with Crippen LogP contribution in [-0.4, -0.2) is 23.8 Å². The summed E-state index contributed by atoms with van der Waals surface area (Å²) in [7, 11) is 0. The van der Waals surface area contributed by atoms with E-state index in [1.807, 2.05) is 20.8 Å². The van der Waals surface area contributed by atoms with Crippen molar-refractivity contribution >= 4 is 12.2 Å². The first-order valence-corrected chi connectivity index (χ1v) is 6.53. The molecule has 0 aliphatic heterocycles. The molecule has 1 unspecified atom stereocenters. The maximum Gasteiger partial charge on any atom is 0.261 e. The first kappa shape index (κ1) is 16.1. The maximum absolute atomic E-state index is 13.6. The highest BCUT2D eigenvalue weighted by molar-refractivity contribution is 5.83. The molecular weight excluding hydrogens is 261 g/mol. The minimum absolute atomic E-state index is 0.0828. The van der Waals surface area contributed by atoms with Gasteiger partial charge in [-0.2, -0.15) is 0 Å². The van der Waals surface area contributed by atoms with E-state index < -0.39 is 11.9 Å². The lowest BCUT2D eigenvalue weighted by molar-refractivity contribution is -0.129. The second kappa shape index (κ2) is 6.50. The van der Waals surface area contributed by atoms with Crippen LogP contribution >= 0.6 is 0 Å². The molecule has 1 N–H and O–H groups in total. The van der Waals surface area contributed by atoms with Gasteiger partial charge in [0.25, 0.3) is 5.91 Å². The van der Waals surface area contributed by atoms with E-state index >= 15 is 0 Å². The summed E-state index contributed by atoms with van der Waals surface area (Å²) in [4.78, 5) is 22.8. The van der Waals surface area contributed by atoms with E-state index in [1.165, 1.54) is 25.1 Å². The number of amides is 1. The third-order valence-corrected chi connectivity index (χ3v) is 3.13. The normalized spacial score (nSPS) is 12.7. The minimum Gasteiger partial charge on any atom is -0.477 e. The number of halogens is 1. The monoisotopic (exact) mass is 281 g/mol. The van der Waals surface area contributed by atoms with E-state index in [4.69, 9.17) is 4.74 Å². The van der Waals surface area contributed by atoms with Gasteiger partial charge in [-0.05, 0) is 39.3 Å². The van der Waals surface area contributed by atoms with Crippen LogP contribution in [0.2, 0.25) is 0 Å². The molecule has 5 heteroatoms. The molecule has 0 heterocycles. The highest BCUT2D eigenvalue weighted by Gasteiger charge is 2.24. The molecule has 1 rings (SSSR count). The number of hydrogen-bond acceptors (Lipinski definition) is 3. The lowest BCUT2D eigenvalue weighted by Crippen LogP contribution is -2.48. The number of aldehydes is 1. The molecule has 0 aliphatic rings. The smallest absolute Gasteiger partial charge is 0.261 e. The van der Waals surface area contributed by atoms with Crippen molar-refractivity contribution in [3.8, 4) is 5.75 Å². The zero-order valence-electron chi connectivity index (χ0n) is 12.2. The number of nitrogens with one attached hydrogen (secondary N) is 1. The van der Waals surface area contributed by atoms with Crippen LogP contribution in [0.3, 0.4) is 0 Å². The summed E-state index contributed by atoms with van der Waals surface area (Å²) in [5.74, 6) is -1.21. The summed E-state index contributed by atoms with van der Waals surface area (Å²) in [6, 6.07) is 4.03. The fraction of sp³-hybridized carbons (Fsp3) is 0.467. The van der Waals surface area contributed by atoms with Gasteiger partial charge in [-0.25, -0.2) is 4.39 Å². The molecule has 0 aliphatic carbocycles. The van der Waals surface area contributed by atoms with Crippen molar-refractivity contribution in [1.29, 1.82) is 0 Å². The van der Waals surface area contributed by atoms with Gasteiger partial charge in [-0.15, -0.1) is 0 Å². The first-order chi connectivity index (χ1) is 9.30. The Morgan fingerprint density at radius 2 is 2.15 bits per heavy atom. The molecule has 0 bridgehead atoms. The Kier molecular flexibility index (Phi) is 5.25. The molecule has 0 fully saturated rings. The van der Waals surface area contributed by atoms with Gasteiger partial charge in [0.05, 0.1) is 5.56 Å². The molecule has 0 aromatic heterocycles. The fourth-order valence-electron chi connectivity index (χ4n) is 1.50. The summed E-state index contributed by atoms with van der Waals surface area (Å²) in [6.07, 6.45) is 0.362. The third kappa shape index (κ3) is 4.05. The Hall–Kier alpha value is -1.91. The molecule has 0 saturated heterocycles. The average Bonchev–Trinajstić information content (AvgIpc) is 2.40. The van der Waals surface area contributed by atoms with Gasteiger partial charge in [0.2, 0.25) is 0 Å². The van der Waals surface area contributed by atoms with Crippen LogP contribution in [0.15, 0.2) is 18.2 Å². The number of ether oxygens (including phenoxy) is 1. The zero-order chi connectivity index (χ0) is 15.3. The number of carbonyl (C=O) groups excluding carboxylic acids is 2. The van der Waals surface area contributed by atoms with Crippen LogP contribution in [-0.2, 0) is 4.79 Å². The molecule has 1 aromatic rings. The van der Waals surface area contributed by atoms with Crippen molar-refractivity contribution in [3.63, 3.8) is 0 Å². The van der Waals surface area contributed by atoms with Crippen molar-refractivity contribution in [3.05, 3.63) is 29.6 Å². The van der Waals surface area contributed by atoms with Gasteiger partial charge >= 0.3 is 0 Å². The number of para-hydroxylation sites is 1. The van der Waals surface area contributed by atoms with Crippen LogP contribution in [0.5, 0.6) is 5.75 Å². The van der Waals surface area contributed by atoms with E-state index in [0.717, 1.165) is 6.42 Å². The molecule has 4 nitrogen and oxygen atoms in total. The number of carbonyl (C=O) groups is 2. The summed E-state index contributed by atoms with van der Waals surface area (Å²) in [5.41, 5.74) is -0.281. The average molecular weight is 281 g/mol. The summed E-state index contributed by atoms with van der Waals surface area (Å²) >= 11 is 0. The molecular formula is C15H20FNO3. The highest BCUT2D eigenvalue weighted by atomic mass is 19.1. The second-order valence-corrected chi connectivity index (χ2v) is 5.26. The van der Waals surface area contributed by atoms with Crippen molar-refractivity contribution in [2.24, 2.45) is 0 Å². The van der Waals surface area contributed by atoms with Gasteiger partial charge in [-0.1, -0.05) is 13.0 Å². The number of rotatable bonds is 6. The number of hydrogen-bond donors (Lipinski definition) is 1. The number of benzene rings is 1. The molecule has 0 saturated carbocycles. The predicted octanol–water partition coefficient (Wildman–Crippen LogP) is 2.71. The fourth-order valence-corrected chi connectivity index (χ4v) is 1.50. The molecule has 0 spiro atoms. The minimum atomic E-state index is -0.892. The van der Waals surface area contributed by atoms with E-state index in [0.29, 0.717) is 6.29 Å². The van der Waals surface area contributed by atoms with E-state index in [9.17, 15) is 14.0 Å². The van der Waals surface area contributed by atoms with Gasteiger partial charge in [-0.3, -0.25) is 9.59 Å². The van der Waals surface area contributed by atoms with Crippen LogP contribution in [0.25, 0.3) is 0 Å². The Morgan fingerprint density at radius 3 is 2.70 bits per heavy atom. The van der Waals surface area contributed by atoms with E-state index in [-0.39, 0.29) is 22.8 Å². The van der Waals surface area contributed by atoms with Crippen molar-refractivity contribution in [1.82, 2.24) is 5.32 Å². The third-order valence-electron chi connectivity index (χ3n) is 3.13.